The van der Waals surface area contributed by atoms with Crippen LogP contribution in [0.2, 0.25) is 0 Å². The Morgan fingerprint density at radius 3 is 2.50 bits per heavy atom. The molecule has 8 nitrogen and oxygen atoms in total. The standard InChI is InChI=1S/C5H9NO4S.C5H11NO2.ClH/c7-11(8)6-1-2-9-3-5(6)4-10-11;7-3-5-4-8-2-1-6-5;/h5H,1-4H2;5-7H,1-4H2;1H/t2*5-;/m01./s1. The van der Waals surface area contributed by atoms with Gasteiger partial charge in [-0.25, -0.2) is 0 Å². The van der Waals surface area contributed by atoms with Crippen molar-refractivity contribution in [3.8, 4) is 0 Å². The zero-order valence-corrected chi connectivity index (χ0v) is 12.7. The number of hydrogen-bond acceptors (Lipinski definition) is 7. The zero-order chi connectivity index (χ0) is 13.7. The molecule has 0 saturated carbocycles. The molecule has 3 aliphatic rings. The largest absolute Gasteiger partial charge is 0.395 e. The van der Waals surface area contributed by atoms with Gasteiger partial charge in [0.2, 0.25) is 0 Å². The number of halogens is 1. The first-order chi connectivity index (χ1) is 9.13. The summed E-state index contributed by atoms with van der Waals surface area (Å²) in [6, 6.07) is 0.0810. The molecule has 3 fully saturated rings. The van der Waals surface area contributed by atoms with Crippen LogP contribution in [0.4, 0.5) is 0 Å². The van der Waals surface area contributed by atoms with Gasteiger partial charge in [0.1, 0.15) is 0 Å². The second-order valence-corrected chi connectivity index (χ2v) is 6.05. The Morgan fingerprint density at radius 1 is 1.20 bits per heavy atom. The lowest BCUT2D eigenvalue weighted by molar-refractivity contribution is 0.0378. The predicted octanol–water partition coefficient (Wildman–Crippen LogP) is -1.65. The van der Waals surface area contributed by atoms with E-state index in [0.717, 1.165) is 13.2 Å². The van der Waals surface area contributed by atoms with Crippen LogP contribution in [-0.4, -0.2) is 82.6 Å². The van der Waals surface area contributed by atoms with Gasteiger partial charge in [0.15, 0.2) is 0 Å². The Hall–Kier alpha value is -0.0000000000000000971. The number of nitrogens with one attached hydrogen (secondary N) is 1. The van der Waals surface area contributed by atoms with E-state index < -0.39 is 10.3 Å². The van der Waals surface area contributed by atoms with E-state index in [1.807, 2.05) is 0 Å². The summed E-state index contributed by atoms with van der Waals surface area (Å²) in [6.45, 7) is 4.06. The van der Waals surface area contributed by atoms with Crippen LogP contribution in [0, 0.1) is 0 Å². The molecular formula is C10H21ClN2O6S. The summed E-state index contributed by atoms with van der Waals surface area (Å²) in [5.74, 6) is 0. The van der Waals surface area contributed by atoms with Crippen molar-refractivity contribution in [2.45, 2.75) is 12.1 Å². The smallest absolute Gasteiger partial charge is 0.338 e. The zero-order valence-electron chi connectivity index (χ0n) is 11.1. The second-order valence-electron chi connectivity index (χ2n) is 4.49. The predicted molar refractivity (Wildman–Crippen MR) is 73.1 cm³/mol. The highest BCUT2D eigenvalue weighted by atomic mass is 35.5. The van der Waals surface area contributed by atoms with Crippen LogP contribution in [0.5, 0.6) is 0 Å². The van der Waals surface area contributed by atoms with Gasteiger partial charge in [0.05, 0.1) is 51.7 Å². The number of nitrogens with zero attached hydrogens (tertiary/aromatic N) is 1. The minimum atomic E-state index is -3.39. The van der Waals surface area contributed by atoms with E-state index in [4.69, 9.17) is 14.6 Å². The maximum Gasteiger partial charge on any atom is 0.338 e. The van der Waals surface area contributed by atoms with E-state index in [0.29, 0.717) is 26.4 Å². The number of ether oxygens (including phenoxy) is 2. The van der Waals surface area contributed by atoms with Crippen LogP contribution in [0.25, 0.3) is 0 Å². The molecule has 0 spiro atoms. The van der Waals surface area contributed by atoms with Crippen LogP contribution in [0.3, 0.4) is 0 Å². The van der Waals surface area contributed by atoms with Gasteiger partial charge in [-0.05, 0) is 0 Å². The average Bonchev–Trinajstić information content (AvgIpc) is 2.77. The lowest BCUT2D eigenvalue weighted by Crippen LogP contribution is -2.43. The van der Waals surface area contributed by atoms with Gasteiger partial charge in [0, 0.05) is 13.1 Å². The van der Waals surface area contributed by atoms with Crippen LogP contribution in [0.15, 0.2) is 0 Å². The second kappa shape index (κ2) is 8.44. The molecule has 3 aliphatic heterocycles. The normalized spacial score (nSPS) is 32.5. The molecule has 0 aromatic heterocycles. The van der Waals surface area contributed by atoms with Gasteiger partial charge in [0.25, 0.3) is 0 Å². The monoisotopic (exact) mass is 332 g/mol. The molecule has 0 aliphatic carbocycles. The molecule has 3 saturated heterocycles. The van der Waals surface area contributed by atoms with Crippen molar-refractivity contribution in [3.05, 3.63) is 0 Å². The van der Waals surface area contributed by atoms with Gasteiger partial charge in [-0.15, -0.1) is 12.4 Å². The molecule has 0 radical (unpaired) electrons. The number of hydrogen-bond donors (Lipinski definition) is 2. The quantitative estimate of drug-likeness (QED) is 0.594. The molecular weight excluding hydrogens is 312 g/mol. The van der Waals surface area contributed by atoms with Crippen molar-refractivity contribution in [1.82, 2.24) is 9.62 Å². The SMILES string of the molecule is Cl.O=S1(=O)OC[C@@H]2COCCN21.OC[C@@H]1COCCN1. The molecule has 3 rings (SSSR count). The fourth-order valence-electron chi connectivity index (χ4n) is 2.03. The number of aliphatic hydroxyl groups excluding tert-OH is 1. The topological polar surface area (TPSA) is 97.3 Å². The van der Waals surface area contributed by atoms with Gasteiger partial charge < -0.3 is 19.9 Å². The Morgan fingerprint density at radius 2 is 1.95 bits per heavy atom. The van der Waals surface area contributed by atoms with E-state index in [9.17, 15) is 8.42 Å². The average molecular weight is 333 g/mol. The van der Waals surface area contributed by atoms with Crippen molar-refractivity contribution in [2.24, 2.45) is 0 Å². The molecule has 0 aromatic carbocycles. The van der Waals surface area contributed by atoms with Gasteiger partial charge in [-0.1, -0.05) is 0 Å². The molecule has 2 N–H and O–H groups in total. The fourth-order valence-corrected chi connectivity index (χ4v) is 3.28. The summed E-state index contributed by atoms with van der Waals surface area (Å²) in [7, 11) is -3.39. The summed E-state index contributed by atoms with van der Waals surface area (Å²) in [6.07, 6.45) is 0. The van der Waals surface area contributed by atoms with E-state index in [-0.39, 0.29) is 37.7 Å². The number of aliphatic hydroxyl groups is 1. The molecule has 0 unspecified atom stereocenters. The van der Waals surface area contributed by atoms with Crippen LogP contribution < -0.4 is 5.32 Å². The van der Waals surface area contributed by atoms with E-state index in [2.05, 4.69) is 9.50 Å². The van der Waals surface area contributed by atoms with Crippen molar-refractivity contribution < 1.29 is 27.2 Å². The highest BCUT2D eigenvalue weighted by molar-refractivity contribution is 7.84. The fraction of sp³-hybridized carbons (Fsp3) is 1.00. The van der Waals surface area contributed by atoms with E-state index in [1.165, 1.54) is 4.31 Å². The van der Waals surface area contributed by atoms with Crippen molar-refractivity contribution in [3.63, 3.8) is 0 Å². The Bertz CT molecular complexity index is 376. The summed E-state index contributed by atoms with van der Waals surface area (Å²) in [5.41, 5.74) is 0. The Kier molecular flexibility index (Phi) is 7.62. The van der Waals surface area contributed by atoms with Crippen molar-refractivity contribution in [2.75, 3.05) is 52.7 Å². The van der Waals surface area contributed by atoms with Crippen LogP contribution >= 0.6 is 12.4 Å². The summed E-state index contributed by atoms with van der Waals surface area (Å²) < 4.78 is 38.2. The maximum atomic E-state index is 11.0. The van der Waals surface area contributed by atoms with E-state index in [1.54, 1.807) is 0 Å². The molecule has 120 valence electrons. The summed E-state index contributed by atoms with van der Waals surface area (Å²) in [5, 5.41) is 11.6. The highest BCUT2D eigenvalue weighted by Gasteiger charge is 2.40. The third kappa shape index (κ3) is 4.78. The van der Waals surface area contributed by atoms with Crippen LogP contribution in [0.1, 0.15) is 0 Å². The Labute approximate surface area is 125 Å². The number of rotatable bonds is 1. The first-order valence-electron chi connectivity index (χ1n) is 6.29. The molecule has 10 heteroatoms. The lowest BCUT2D eigenvalue weighted by Gasteiger charge is -2.24. The lowest BCUT2D eigenvalue weighted by atomic mass is 10.3. The summed E-state index contributed by atoms with van der Waals surface area (Å²) >= 11 is 0. The van der Waals surface area contributed by atoms with E-state index >= 15 is 0 Å². The third-order valence-corrected chi connectivity index (χ3v) is 4.58. The van der Waals surface area contributed by atoms with Crippen LogP contribution in [-0.2, 0) is 24.0 Å². The van der Waals surface area contributed by atoms with Crippen molar-refractivity contribution in [1.29, 1.82) is 0 Å². The highest BCUT2D eigenvalue weighted by Crippen LogP contribution is 2.20. The molecule has 2 atom stereocenters. The number of fused-ring (bicyclic) bond motifs is 1. The van der Waals surface area contributed by atoms with Crippen molar-refractivity contribution >= 4 is 22.7 Å². The molecule has 0 amide bonds. The molecule has 0 aromatic rings. The first kappa shape index (κ1) is 18.1. The Balaban J connectivity index is 0.000000200. The minimum absolute atomic E-state index is 0. The first-order valence-corrected chi connectivity index (χ1v) is 7.66. The minimum Gasteiger partial charge on any atom is -0.395 e. The van der Waals surface area contributed by atoms with Gasteiger partial charge in [-0.3, -0.25) is 4.18 Å². The van der Waals surface area contributed by atoms with Gasteiger partial charge >= 0.3 is 10.3 Å². The third-order valence-electron chi connectivity index (χ3n) is 3.09. The molecule has 3 heterocycles. The molecule has 0 bridgehead atoms. The number of morpholine rings is 2. The molecule has 20 heavy (non-hydrogen) atoms. The maximum absolute atomic E-state index is 11.0. The van der Waals surface area contributed by atoms with Gasteiger partial charge in [-0.2, -0.15) is 12.7 Å². The summed E-state index contributed by atoms with van der Waals surface area (Å²) in [4.78, 5) is 0.